The van der Waals surface area contributed by atoms with Crippen molar-refractivity contribution in [3.8, 4) is 23.0 Å². The largest absolute Gasteiger partial charge is 0.494 e. The highest BCUT2D eigenvalue weighted by Crippen LogP contribution is 2.29. The van der Waals surface area contributed by atoms with Crippen molar-refractivity contribution < 1.29 is 57.1 Å². The van der Waals surface area contributed by atoms with E-state index in [1.54, 1.807) is 48.5 Å². The SMILES string of the molecule is CCCCCCOc1ccc(C(=O)Oc2ccc(C(=O)OC[C@H]3O[C@@H](c4ccccc4)OCC3OC(=O)c3ccc(OC(=O)c4ccc(OCCCCCC)cc4)cc3)cc2)cc1. The van der Waals surface area contributed by atoms with Gasteiger partial charge in [-0.05, 0) is 110 Å². The molecule has 1 saturated heterocycles. The van der Waals surface area contributed by atoms with Crippen molar-refractivity contribution in [2.24, 2.45) is 0 Å². The van der Waals surface area contributed by atoms with Crippen molar-refractivity contribution in [1.29, 1.82) is 0 Å². The highest BCUT2D eigenvalue weighted by Gasteiger charge is 2.37. The fraction of sp³-hybridized carbons (Fsp3) is 0.333. The Morgan fingerprint density at radius 1 is 0.508 bits per heavy atom. The normalized spacial score (nSPS) is 15.7. The lowest BCUT2D eigenvalue weighted by Gasteiger charge is -2.35. The van der Waals surface area contributed by atoms with Gasteiger partial charge in [-0.3, -0.25) is 0 Å². The summed E-state index contributed by atoms with van der Waals surface area (Å²) >= 11 is 0. The van der Waals surface area contributed by atoms with Crippen LogP contribution in [-0.4, -0.2) is 62.5 Å². The molecule has 1 heterocycles. The number of hydrogen-bond acceptors (Lipinski definition) is 12. The van der Waals surface area contributed by atoms with Crippen molar-refractivity contribution >= 4 is 23.9 Å². The highest BCUT2D eigenvalue weighted by atomic mass is 16.7. The first kappa shape index (κ1) is 46.0. The lowest BCUT2D eigenvalue weighted by molar-refractivity contribution is -0.262. The van der Waals surface area contributed by atoms with Crippen LogP contribution in [0.1, 0.15) is 118 Å². The quantitative estimate of drug-likeness (QED) is 0.0371. The number of esters is 4. The Kier molecular flexibility index (Phi) is 17.7. The summed E-state index contributed by atoms with van der Waals surface area (Å²) in [7, 11) is 0. The van der Waals surface area contributed by atoms with Crippen molar-refractivity contribution in [1.82, 2.24) is 0 Å². The van der Waals surface area contributed by atoms with Gasteiger partial charge in [-0.1, -0.05) is 82.7 Å². The van der Waals surface area contributed by atoms with Crippen molar-refractivity contribution in [3.63, 3.8) is 0 Å². The number of benzene rings is 5. The van der Waals surface area contributed by atoms with E-state index >= 15 is 0 Å². The Hall–Kier alpha value is -6.50. The molecular formula is C51H54O12. The van der Waals surface area contributed by atoms with Crippen LogP contribution in [0.15, 0.2) is 127 Å². The van der Waals surface area contributed by atoms with E-state index in [9.17, 15) is 19.2 Å². The second kappa shape index (κ2) is 24.2. The standard InChI is InChI=1S/C51H54O12/c1-3-5-7-12-32-56-41-24-16-37(17-25-41)48(53)60-43-28-20-36(21-29-43)47(52)58-34-46-45(35-59-51(63-46)40-14-10-9-11-15-40)62-50(55)39-22-30-44(31-23-39)61-49(54)38-18-26-42(27-19-38)57-33-13-8-6-4-2/h9-11,14-31,45-46,51H,3-8,12-13,32-35H2,1-2H3/t45?,46-,51+/m1/s1. The minimum atomic E-state index is -0.945. The van der Waals surface area contributed by atoms with E-state index in [-0.39, 0.29) is 35.8 Å². The summed E-state index contributed by atoms with van der Waals surface area (Å²) in [6.07, 6.45) is 6.19. The molecule has 63 heavy (non-hydrogen) atoms. The number of rotatable bonds is 22. The summed E-state index contributed by atoms with van der Waals surface area (Å²) in [5, 5.41) is 0. The molecular weight excluding hydrogens is 805 g/mol. The number of hydrogen-bond donors (Lipinski definition) is 0. The topological polar surface area (TPSA) is 142 Å². The second-order valence-corrected chi connectivity index (χ2v) is 15.0. The Balaban J connectivity index is 1.00. The van der Waals surface area contributed by atoms with Crippen molar-refractivity contribution in [2.75, 3.05) is 26.4 Å². The van der Waals surface area contributed by atoms with Crippen LogP contribution in [-0.2, 0) is 18.9 Å². The molecule has 330 valence electrons. The predicted octanol–water partition coefficient (Wildman–Crippen LogP) is 10.5. The molecule has 1 aliphatic rings. The second-order valence-electron chi connectivity index (χ2n) is 15.0. The summed E-state index contributed by atoms with van der Waals surface area (Å²) in [4.78, 5) is 52.2. The van der Waals surface area contributed by atoms with E-state index in [0.29, 0.717) is 35.8 Å². The predicted molar refractivity (Wildman–Crippen MR) is 234 cm³/mol. The Morgan fingerprint density at radius 2 is 0.952 bits per heavy atom. The highest BCUT2D eigenvalue weighted by molar-refractivity contribution is 5.93. The first-order valence-electron chi connectivity index (χ1n) is 21.6. The van der Waals surface area contributed by atoms with Crippen LogP contribution in [0.2, 0.25) is 0 Å². The van der Waals surface area contributed by atoms with Gasteiger partial charge in [-0.25, -0.2) is 19.2 Å². The summed E-state index contributed by atoms with van der Waals surface area (Å²) in [6.45, 7) is 5.25. The maximum Gasteiger partial charge on any atom is 0.343 e. The van der Waals surface area contributed by atoms with Gasteiger partial charge in [0.25, 0.3) is 0 Å². The smallest absolute Gasteiger partial charge is 0.343 e. The molecule has 5 aromatic rings. The zero-order valence-electron chi connectivity index (χ0n) is 35.7. The van der Waals surface area contributed by atoms with Crippen LogP contribution in [0.25, 0.3) is 0 Å². The molecule has 0 radical (unpaired) electrons. The zero-order chi connectivity index (χ0) is 44.2. The van der Waals surface area contributed by atoms with Gasteiger partial charge in [-0.2, -0.15) is 0 Å². The molecule has 0 spiro atoms. The average molecular weight is 859 g/mol. The molecule has 0 bridgehead atoms. The monoisotopic (exact) mass is 858 g/mol. The Bertz CT molecular complexity index is 2190. The zero-order valence-corrected chi connectivity index (χ0v) is 35.7. The van der Waals surface area contributed by atoms with Crippen LogP contribution in [0.5, 0.6) is 23.0 Å². The van der Waals surface area contributed by atoms with Crippen LogP contribution >= 0.6 is 0 Å². The summed E-state index contributed by atoms with van der Waals surface area (Å²) in [5.74, 6) is -0.617. The van der Waals surface area contributed by atoms with Gasteiger partial charge in [0.1, 0.15) is 35.7 Å². The van der Waals surface area contributed by atoms with Gasteiger partial charge in [0, 0.05) is 5.56 Å². The molecule has 6 rings (SSSR count). The molecule has 0 aromatic heterocycles. The lowest BCUT2D eigenvalue weighted by atomic mass is 10.1. The average Bonchev–Trinajstić information content (AvgIpc) is 3.32. The van der Waals surface area contributed by atoms with Crippen molar-refractivity contribution in [3.05, 3.63) is 155 Å². The summed E-state index contributed by atoms with van der Waals surface area (Å²) in [6, 6.07) is 34.6. The van der Waals surface area contributed by atoms with Gasteiger partial charge in [-0.15, -0.1) is 0 Å². The van der Waals surface area contributed by atoms with Crippen molar-refractivity contribution in [2.45, 2.75) is 83.7 Å². The number of unbranched alkanes of at least 4 members (excludes halogenated alkanes) is 6. The van der Waals surface area contributed by atoms with E-state index in [1.165, 1.54) is 61.4 Å². The summed E-state index contributed by atoms with van der Waals surface area (Å²) < 4.78 is 46.2. The third kappa shape index (κ3) is 14.3. The van der Waals surface area contributed by atoms with E-state index in [2.05, 4.69) is 13.8 Å². The van der Waals surface area contributed by atoms with Gasteiger partial charge < -0.3 is 37.9 Å². The van der Waals surface area contributed by atoms with Gasteiger partial charge in [0.2, 0.25) is 0 Å². The molecule has 5 aromatic carbocycles. The third-order valence-corrected chi connectivity index (χ3v) is 10.1. The van der Waals surface area contributed by atoms with Gasteiger partial charge in [0.05, 0.1) is 42.1 Å². The van der Waals surface area contributed by atoms with E-state index in [4.69, 9.17) is 37.9 Å². The van der Waals surface area contributed by atoms with Crippen LogP contribution in [0, 0.1) is 0 Å². The summed E-state index contributed by atoms with van der Waals surface area (Å²) in [5.41, 5.74) is 1.83. The van der Waals surface area contributed by atoms with E-state index in [1.807, 2.05) is 30.3 Å². The maximum atomic E-state index is 13.4. The molecule has 12 nitrogen and oxygen atoms in total. The minimum absolute atomic E-state index is 0.0409. The number of ether oxygens (including phenoxy) is 8. The van der Waals surface area contributed by atoms with E-state index < -0.39 is 42.4 Å². The molecule has 1 aliphatic heterocycles. The molecule has 3 atom stereocenters. The molecule has 0 saturated carbocycles. The first-order chi connectivity index (χ1) is 30.8. The fourth-order valence-corrected chi connectivity index (χ4v) is 6.53. The number of carbonyl (C=O) groups is 4. The number of carbonyl (C=O) groups excluding carboxylic acids is 4. The molecule has 12 heteroatoms. The molecule has 1 fully saturated rings. The lowest BCUT2D eigenvalue weighted by Crippen LogP contribution is -2.46. The van der Waals surface area contributed by atoms with Crippen LogP contribution in [0.3, 0.4) is 0 Å². The maximum absolute atomic E-state index is 13.4. The third-order valence-electron chi connectivity index (χ3n) is 10.1. The van der Waals surface area contributed by atoms with E-state index in [0.717, 1.165) is 44.1 Å². The Labute approximate surface area is 368 Å². The van der Waals surface area contributed by atoms with Gasteiger partial charge >= 0.3 is 23.9 Å². The van der Waals surface area contributed by atoms with Crippen LogP contribution < -0.4 is 18.9 Å². The molecule has 0 N–H and O–H groups in total. The first-order valence-corrected chi connectivity index (χ1v) is 21.6. The molecule has 0 aliphatic carbocycles. The molecule has 0 amide bonds. The van der Waals surface area contributed by atoms with Gasteiger partial charge in [0.15, 0.2) is 12.4 Å². The molecule has 1 unspecified atom stereocenters. The fourth-order valence-electron chi connectivity index (χ4n) is 6.53. The van der Waals surface area contributed by atoms with Crippen LogP contribution in [0.4, 0.5) is 0 Å². The minimum Gasteiger partial charge on any atom is -0.494 e. The Morgan fingerprint density at radius 3 is 1.43 bits per heavy atom.